The van der Waals surface area contributed by atoms with E-state index in [2.05, 4.69) is 13.8 Å². The highest BCUT2D eigenvalue weighted by molar-refractivity contribution is 6.45. The van der Waals surface area contributed by atoms with Crippen LogP contribution >= 0.6 is 69.6 Å². The number of alkyl halides is 6. The highest BCUT2D eigenvalue weighted by Crippen LogP contribution is 2.39. The van der Waals surface area contributed by atoms with Crippen molar-refractivity contribution in [2.24, 2.45) is 0 Å². The van der Waals surface area contributed by atoms with E-state index in [-0.39, 0.29) is 5.97 Å². The Morgan fingerprint density at radius 2 is 0.675 bits per heavy atom. The average molecular weight is 688 g/mol. The lowest BCUT2D eigenvalue weighted by molar-refractivity contribution is -0.143. The number of hydrogen-bond donors (Lipinski definition) is 0. The van der Waals surface area contributed by atoms with E-state index in [1.165, 1.54) is 122 Å². The number of rotatable bonds is 23. The minimum Gasteiger partial charge on any atom is -0.466 e. The van der Waals surface area contributed by atoms with Crippen molar-refractivity contribution in [1.29, 1.82) is 0 Å². The van der Waals surface area contributed by atoms with E-state index in [0.717, 1.165) is 12.8 Å². The maximum Gasteiger partial charge on any atom is 0.305 e. The lowest BCUT2D eigenvalue weighted by Gasteiger charge is -2.37. The predicted molar refractivity (Wildman–Crippen MR) is 182 cm³/mol. The van der Waals surface area contributed by atoms with Crippen molar-refractivity contribution in [2.75, 3.05) is 6.61 Å². The molecule has 1 aliphatic rings. The maximum absolute atomic E-state index is 11.7. The molecule has 0 amide bonds. The van der Waals surface area contributed by atoms with Crippen molar-refractivity contribution in [3.63, 3.8) is 0 Å². The van der Waals surface area contributed by atoms with Gasteiger partial charge in [0.1, 0.15) is 0 Å². The SMILES string of the molecule is CCCCCCCCCCCCCCCCOC(=O)CCCCCCCCC.Cl[C@H]1[C@H](Cl)[C@@H](Cl)[C@@H](Cl)[C@H](Cl)[C@H]1Cl. The Labute approximate surface area is 277 Å². The van der Waals surface area contributed by atoms with Gasteiger partial charge in [0.15, 0.2) is 0 Å². The zero-order valence-corrected chi connectivity index (χ0v) is 29.8. The molecule has 0 bridgehead atoms. The second kappa shape index (κ2) is 29.0. The fraction of sp³-hybridized carbons (Fsp3) is 0.969. The monoisotopic (exact) mass is 684 g/mol. The Bertz CT molecular complexity index is 509. The molecule has 0 atom stereocenters. The summed E-state index contributed by atoms with van der Waals surface area (Å²) in [5.74, 6) is 0.0169. The van der Waals surface area contributed by atoms with E-state index >= 15 is 0 Å². The van der Waals surface area contributed by atoms with Gasteiger partial charge in [-0.1, -0.05) is 136 Å². The first-order valence-corrected chi connectivity index (χ1v) is 18.9. The molecule has 40 heavy (non-hydrogen) atoms. The molecular weight excluding hydrogens is 629 g/mol. The second-order valence-electron chi connectivity index (χ2n) is 11.4. The highest BCUT2D eigenvalue weighted by atomic mass is 35.5. The van der Waals surface area contributed by atoms with E-state index in [0.29, 0.717) is 13.0 Å². The summed E-state index contributed by atoms with van der Waals surface area (Å²) < 4.78 is 5.36. The van der Waals surface area contributed by atoms with E-state index in [1.54, 1.807) is 0 Å². The van der Waals surface area contributed by atoms with Gasteiger partial charge in [0.2, 0.25) is 0 Å². The predicted octanol–water partition coefficient (Wildman–Crippen LogP) is 12.8. The lowest BCUT2D eigenvalue weighted by Crippen LogP contribution is -2.52. The summed E-state index contributed by atoms with van der Waals surface area (Å²) in [6.45, 7) is 5.16. The largest absolute Gasteiger partial charge is 0.466 e. The Morgan fingerprint density at radius 3 is 0.975 bits per heavy atom. The van der Waals surface area contributed by atoms with Gasteiger partial charge >= 0.3 is 5.97 Å². The van der Waals surface area contributed by atoms with Gasteiger partial charge in [0.05, 0.1) is 38.9 Å². The topological polar surface area (TPSA) is 26.3 Å². The number of esters is 1. The molecule has 0 heterocycles. The zero-order chi connectivity index (χ0) is 30.0. The summed E-state index contributed by atoms with van der Waals surface area (Å²) in [6, 6.07) is 0. The molecule has 0 radical (unpaired) electrons. The molecule has 1 saturated carbocycles. The van der Waals surface area contributed by atoms with Crippen LogP contribution in [0.3, 0.4) is 0 Å². The molecule has 1 rings (SSSR count). The van der Waals surface area contributed by atoms with Crippen molar-refractivity contribution in [3.05, 3.63) is 0 Å². The van der Waals surface area contributed by atoms with Crippen molar-refractivity contribution < 1.29 is 9.53 Å². The molecule has 0 aromatic carbocycles. The molecule has 1 fully saturated rings. The van der Waals surface area contributed by atoms with Crippen LogP contribution in [0.1, 0.15) is 155 Å². The number of hydrogen-bond acceptors (Lipinski definition) is 2. The fourth-order valence-corrected chi connectivity index (χ4v) is 7.16. The average Bonchev–Trinajstić information content (AvgIpc) is 2.96. The number of carbonyl (C=O) groups is 1. The maximum atomic E-state index is 11.7. The van der Waals surface area contributed by atoms with Crippen LogP contribution in [0.2, 0.25) is 0 Å². The third-order valence-electron chi connectivity index (χ3n) is 7.57. The van der Waals surface area contributed by atoms with Crippen LogP contribution < -0.4 is 0 Å². The first-order chi connectivity index (χ1) is 19.3. The van der Waals surface area contributed by atoms with Gasteiger partial charge in [0.25, 0.3) is 0 Å². The molecule has 0 spiro atoms. The first kappa shape index (κ1) is 41.2. The van der Waals surface area contributed by atoms with Crippen LogP contribution in [0.15, 0.2) is 0 Å². The minimum absolute atomic E-state index is 0.0169. The van der Waals surface area contributed by atoms with Crippen LogP contribution in [0, 0.1) is 0 Å². The first-order valence-electron chi connectivity index (χ1n) is 16.3. The normalized spacial score (nSPS) is 24.4. The van der Waals surface area contributed by atoms with Crippen LogP contribution in [0.25, 0.3) is 0 Å². The van der Waals surface area contributed by atoms with E-state index in [9.17, 15) is 4.79 Å². The molecule has 240 valence electrons. The number of carbonyl (C=O) groups excluding carboxylic acids is 1. The molecule has 2 nitrogen and oxygen atoms in total. The highest BCUT2D eigenvalue weighted by Gasteiger charge is 2.46. The second-order valence-corrected chi connectivity index (χ2v) is 14.4. The Hall–Kier alpha value is 1.21. The molecule has 0 unspecified atom stereocenters. The van der Waals surface area contributed by atoms with Gasteiger partial charge in [-0.05, 0) is 12.8 Å². The lowest BCUT2D eigenvalue weighted by atomic mass is 9.97. The van der Waals surface area contributed by atoms with Crippen LogP contribution in [0.4, 0.5) is 0 Å². The minimum atomic E-state index is -0.437. The molecule has 1 aliphatic carbocycles. The van der Waals surface area contributed by atoms with Gasteiger partial charge < -0.3 is 4.74 Å². The van der Waals surface area contributed by atoms with Gasteiger partial charge in [-0.2, -0.15) is 0 Å². The van der Waals surface area contributed by atoms with Crippen molar-refractivity contribution >= 4 is 75.6 Å². The third-order valence-corrected chi connectivity index (χ3v) is 11.6. The van der Waals surface area contributed by atoms with Crippen LogP contribution in [0.5, 0.6) is 0 Å². The van der Waals surface area contributed by atoms with Gasteiger partial charge in [-0.3, -0.25) is 4.79 Å². The fourth-order valence-electron chi connectivity index (χ4n) is 4.84. The summed E-state index contributed by atoms with van der Waals surface area (Å²) in [7, 11) is 0. The van der Waals surface area contributed by atoms with E-state index < -0.39 is 32.3 Å². The van der Waals surface area contributed by atoms with Crippen molar-refractivity contribution in [1.82, 2.24) is 0 Å². The van der Waals surface area contributed by atoms with Gasteiger partial charge in [-0.25, -0.2) is 0 Å². The van der Waals surface area contributed by atoms with Crippen LogP contribution in [-0.4, -0.2) is 44.8 Å². The van der Waals surface area contributed by atoms with E-state index in [1.807, 2.05) is 0 Å². The summed E-state index contributed by atoms with van der Waals surface area (Å²) >= 11 is 35.3. The molecule has 0 aliphatic heterocycles. The molecule has 0 aromatic heterocycles. The molecule has 0 saturated heterocycles. The molecule has 0 N–H and O–H groups in total. The summed E-state index contributed by atoms with van der Waals surface area (Å²) in [6.07, 6.45) is 28.4. The number of ether oxygens (including phenoxy) is 1. The van der Waals surface area contributed by atoms with Gasteiger partial charge in [-0.15, -0.1) is 69.6 Å². The third kappa shape index (κ3) is 21.8. The summed E-state index contributed by atoms with van der Waals surface area (Å²) in [5, 5.41) is -2.62. The zero-order valence-electron chi connectivity index (χ0n) is 25.3. The molecule has 0 aromatic rings. The molecular formula is C32H58Cl6O2. The Kier molecular flexibility index (Phi) is 29.8. The van der Waals surface area contributed by atoms with Crippen molar-refractivity contribution in [2.45, 2.75) is 187 Å². The quantitative estimate of drug-likeness (QED) is 0.0607. The summed E-state index contributed by atoms with van der Waals surface area (Å²) in [5.41, 5.74) is 0. The smallest absolute Gasteiger partial charge is 0.305 e. The Morgan fingerprint density at radius 1 is 0.425 bits per heavy atom. The standard InChI is InChI=1S/C26H52O2.C6H6Cl6/c1-3-5-7-9-11-12-13-14-15-16-17-19-21-23-25-28-26(27)24-22-20-18-10-8-6-4-2;7-1-2(8)4(10)6(12)5(11)3(1)9/h3-25H2,1-2H3;1-6H/t;1-,2-,3-,4+,5+,6+. The van der Waals surface area contributed by atoms with Crippen LogP contribution in [-0.2, 0) is 9.53 Å². The number of halogens is 6. The van der Waals surface area contributed by atoms with Gasteiger partial charge in [0, 0.05) is 6.42 Å². The Balaban J connectivity index is 0.00000104. The number of unbranched alkanes of at least 4 members (excludes halogenated alkanes) is 19. The van der Waals surface area contributed by atoms with Crippen molar-refractivity contribution in [3.8, 4) is 0 Å². The van der Waals surface area contributed by atoms with E-state index in [4.69, 9.17) is 74.3 Å². The summed E-state index contributed by atoms with van der Waals surface area (Å²) in [4.78, 5) is 11.7. The molecule has 8 heteroatoms.